The van der Waals surface area contributed by atoms with Gasteiger partial charge in [0.2, 0.25) is 5.91 Å². The minimum atomic E-state index is -3.91. The van der Waals surface area contributed by atoms with Gasteiger partial charge in [0.05, 0.1) is 37.6 Å². The van der Waals surface area contributed by atoms with Crippen molar-refractivity contribution in [3.63, 3.8) is 0 Å². The number of sulfonamides is 1. The van der Waals surface area contributed by atoms with Gasteiger partial charge in [0.25, 0.3) is 10.0 Å². The van der Waals surface area contributed by atoms with Crippen LogP contribution in [-0.2, 0) is 21.2 Å². The van der Waals surface area contributed by atoms with Gasteiger partial charge in [-0.25, -0.2) is 13.2 Å². The number of aliphatic hydroxyl groups is 1. The van der Waals surface area contributed by atoms with Crippen LogP contribution in [0.5, 0.6) is 11.5 Å². The average Bonchev–Trinajstić information content (AvgIpc) is 2.95. The summed E-state index contributed by atoms with van der Waals surface area (Å²) in [6.07, 6.45) is -0.538. The van der Waals surface area contributed by atoms with Crippen molar-refractivity contribution in [1.29, 1.82) is 0 Å². The van der Waals surface area contributed by atoms with Crippen molar-refractivity contribution in [2.75, 3.05) is 38.6 Å². The second kappa shape index (κ2) is 13.2. The van der Waals surface area contributed by atoms with E-state index in [4.69, 9.17) is 9.47 Å². The van der Waals surface area contributed by atoms with Gasteiger partial charge in [0, 0.05) is 36.8 Å². The largest absolute Gasteiger partial charge is 0.497 e. The number of aliphatic hydroxyl groups excluding tert-OH is 1. The van der Waals surface area contributed by atoms with Crippen molar-refractivity contribution < 1.29 is 32.6 Å². The summed E-state index contributed by atoms with van der Waals surface area (Å²) in [6, 6.07) is 10.1. The normalized spacial score (nSPS) is 18.5. The zero-order valence-corrected chi connectivity index (χ0v) is 24.7. The lowest BCUT2D eigenvalue weighted by molar-refractivity contribution is -0.134. The summed E-state index contributed by atoms with van der Waals surface area (Å²) in [5.41, 5.74) is 0.758. The molecule has 40 heavy (non-hydrogen) atoms. The van der Waals surface area contributed by atoms with E-state index in [-0.39, 0.29) is 54.1 Å². The van der Waals surface area contributed by atoms with Crippen LogP contribution in [0.25, 0.3) is 0 Å². The summed E-state index contributed by atoms with van der Waals surface area (Å²) in [7, 11) is -0.735. The summed E-state index contributed by atoms with van der Waals surface area (Å²) in [6.45, 7) is 7.81. The molecule has 0 radical (unpaired) electrons. The molecular formula is C28H40N4O7S. The van der Waals surface area contributed by atoms with Crippen molar-refractivity contribution in [3.05, 3.63) is 48.0 Å². The quantitative estimate of drug-likeness (QED) is 0.417. The Labute approximate surface area is 236 Å². The number of hydrogen-bond donors (Lipinski definition) is 3. The molecule has 0 bridgehead atoms. The van der Waals surface area contributed by atoms with Crippen molar-refractivity contribution in [2.45, 2.75) is 57.2 Å². The van der Waals surface area contributed by atoms with E-state index < -0.39 is 22.2 Å². The highest BCUT2D eigenvalue weighted by molar-refractivity contribution is 7.92. The monoisotopic (exact) mass is 576 g/mol. The van der Waals surface area contributed by atoms with E-state index in [1.54, 1.807) is 49.2 Å². The number of nitrogens with one attached hydrogen (secondary N) is 2. The second-order valence-electron chi connectivity index (χ2n) is 10.5. The lowest BCUT2D eigenvalue weighted by Crippen LogP contribution is -2.49. The van der Waals surface area contributed by atoms with Crippen LogP contribution in [0.15, 0.2) is 47.4 Å². The van der Waals surface area contributed by atoms with Crippen LogP contribution < -0.4 is 19.5 Å². The van der Waals surface area contributed by atoms with Gasteiger partial charge < -0.3 is 29.7 Å². The number of likely N-dealkylation sites (N-methyl/N-ethyl adjacent to an activating group) is 1. The van der Waals surface area contributed by atoms with Crippen molar-refractivity contribution in [1.82, 2.24) is 15.1 Å². The summed E-state index contributed by atoms with van der Waals surface area (Å²) in [4.78, 5) is 29.2. The molecule has 1 heterocycles. The second-order valence-corrected chi connectivity index (χ2v) is 12.2. The number of amides is 3. The number of rotatable bonds is 9. The Morgan fingerprint density at radius 3 is 2.48 bits per heavy atom. The standard InChI is InChI=1S/C28H40N4O7S/c1-18(2)29-28(35)31(5)16-26-19(3)15-32(20(4)17-33)27(34)14-21-13-22(7-12-25(21)39-26)30-40(36,37)24-10-8-23(38-6)9-11-24/h7-13,18-20,26,30,33H,14-17H2,1-6H3,(H,29,35)/t19-,20-,26-/m0/s1. The predicted octanol–water partition coefficient (Wildman–Crippen LogP) is 2.69. The Morgan fingerprint density at radius 1 is 1.20 bits per heavy atom. The first-order valence-electron chi connectivity index (χ1n) is 13.2. The zero-order valence-electron chi connectivity index (χ0n) is 23.9. The lowest BCUT2D eigenvalue weighted by atomic mass is 10.0. The van der Waals surface area contributed by atoms with Gasteiger partial charge in [-0.3, -0.25) is 9.52 Å². The molecule has 0 saturated carbocycles. The molecule has 220 valence electrons. The van der Waals surface area contributed by atoms with Crippen LogP contribution in [0.1, 0.15) is 33.3 Å². The molecule has 12 heteroatoms. The third-order valence-electron chi connectivity index (χ3n) is 6.75. The molecule has 3 atom stereocenters. The Kier molecular flexibility index (Phi) is 10.3. The van der Waals surface area contributed by atoms with Crippen molar-refractivity contribution >= 4 is 27.6 Å². The minimum absolute atomic E-state index is 0.0341. The van der Waals surface area contributed by atoms with Gasteiger partial charge >= 0.3 is 6.03 Å². The molecule has 0 aromatic heterocycles. The number of benzene rings is 2. The third-order valence-corrected chi connectivity index (χ3v) is 8.15. The number of carbonyl (C=O) groups is 2. The zero-order chi connectivity index (χ0) is 29.6. The van der Waals surface area contributed by atoms with E-state index in [2.05, 4.69) is 10.0 Å². The van der Waals surface area contributed by atoms with E-state index in [9.17, 15) is 23.1 Å². The maximum absolute atomic E-state index is 13.4. The highest BCUT2D eigenvalue weighted by Crippen LogP contribution is 2.30. The van der Waals surface area contributed by atoms with Crippen LogP contribution >= 0.6 is 0 Å². The number of urea groups is 1. The predicted molar refractivity (Wildman–Crippen MR) is 152 cm³/mol. The lowest BCUT2D eigenvalue weighted by Gasteiger charge is -2.34. The molecule has 1 aliphatic heterocycles. The number of ether oxygens (including phenoxy) is 2. The molecule has 0 saturated heterocycles. The Morgan fingerprint density at radius 2 is 1.88 bits per heavy atom. The molecule has 0 fully saturated rings. The van der Waals surface area contributed by atoms with E-state index in [0.29, 0.717) is 23.6 Å². The van der Waals surface area contributed by atoms with Crippen molar-refractivity contribution in [2.24, 2.45) is 5.92 Å². The Balaban J connectivity index is 1.94. The van der Waals surface area contributed by atoms with E-state index >= 15 is 0 Å². The summed E-state index contributed by atoms with van der Waals surface area (Å²) in [5, 5.41) is 12.7. The number of fused-ring (bicyclic) bond motifs is 1. The first-order chi connectivity index (χ1) is 18.8. The van der Waals surface area contributed by atoms with Crippen LogP contribution in [0.4, 0.5) is 10.5 Å². The number of nitrogens with zero attached hydrogens (tertiary/aromatic N) is 2. The highest BCUT2D eigenvalue weighted by Gasteiger charge is 2.32. The Hall–Kier alpha value is -3.51. The number of methoxy groups -OCH3 is 1. The van der Waals surface area contributed by atoms with Gasteiger partial charge in [0.1, 0.15) is 17.6 Å². The van der Waals surface area contributed by atoms with Crippen LogP contribution in [0.2, 0.25) is 0 Å². The maximum atomic E-state index is 13.4. The molecule has 2 aromatic carbocycles. The minimum Gasteiger partial charge on any atom is -0.497 e. The fourth-order valence-corrected chi connectivity index (χ4v) is 5.44. The van der Waals surface area contributed by atoms with Crippen LogP contribution in [0, 0.1) is 5.92 Å². The Bertz CT molecular complexity index is 1280. The van der Waals surface area contributed by atoms with E-state index in [1.807, 2.05) is 20.8 Å². The topological polar surface area (TPSA) is 138 Å². The van der Waals surface area contributed by atoms with Crippen molar-refractivity contribution in [3.8, 4) is 11.5 Å². The molecule has 3 N–H and O–H groups in total. The number of anilines is 1. The summed E-state index contributed by atoms with van der Waals surface area (Å²) >= 11 is 0. The van der Waals surface area contributed by atoms with Gasteiger partial charge in [-0.2, -0.15) is 0 Å². The first kappa shape index (κ1) is 31.0. The van der Waals surface area contributed by atoms with Crippen LogP contribution in [0.3, 0.4) is 0 Å². The molecule has 2 aromatic rings. The molecule has 3 rings (SSSR count). The molecule has 0 unspecified atom stereocenters. The smallest absolute Gasteiger partial charge is 0.317 e. The highest BCUT2D eigenvalue weighted by atomic mass is 32.2. The summed E-state index contributed by atoms with van der Waals surface area (Å²) < 4.78 is 40.1. The third kappa shape index (κ3) is 7.79. The van der Waals surface area contributed by atoms with E-state index in [0.717, 1.165) is 0 Å². The molecule has 11 nitrogen and oxygen atoms in total. The molecular weight excluding hydrogens is 536 g/mol. The number of carbonyl (C=O) groups excluding carboxylic acids is 2. The average molecular weight is 577 g/mol. The van der Waals surface area contributed by atoms with Gasteiger partial charge in [0.15, 0.2) is 0 Å². The number of hydrogen-bond acceptors (Lipinski definition) is 7. The summed E-state index contributed by atoms with van der Waals surface area (Å²) in [5.74, 6) is 0.546. The van der Waals surface area contributed by atoms with Crippen LogP contribution in [-0.4, -0.2) is 87.3 Å². The van der Waals surface area contributed by atoms with E-state index in [1.165, 1.54) is 24.1 Å². The van der Waals surface area contributed by atoms with Gasteiger partial charge in [-0.05, 0) is 63.2 Å². The first-order valence-corrected chi connectivity index (χ1v) is 14.7. The fourth-order valence-electron chi connectivity index (χ4n) is 4.39. The maximum Gasteiger partial charge on any atom is 0.317 e. The molecule has 0 spiro atoms. The molecule has 1 aliphatic rings. The molecule has 3 amide bonds. The fraction of sp³-hybridized carbons (Fsp3) is 0.500. The molecule has 0 aliphatic carbocycles. The van der Waals surface area contributed by atoms with Gasteiger partial charge in [-0.15, -0.1) is 0 Å². The van der Waals surface area contributed by atoms with Gasteiger partial charge in [-0.1, -0.05) is 6.92 Å². The SMILES string of the molecule is COc1ccc(S(=O)(=O)Nc2ccc3c(c2)CC(=O)N([C@@H](C)CO)C[C@H](C)[C@H](CN(C)C(=O)NC(C)C)O3)cc1.